The van der Waals surface area contributed by atoms with Gasteiger partial charge in [0, 0.05) is 19.2 Å². The van der Waals surface area contributed by atoms with E-state index >= 15 is 0 Å². The first-order chi connectivity index (χ1) is 10.3. The molecule has 0 amide bonds. The molecule has 1 aromatic rings. The van der Waals surface area contributed by atoms with Gasteiger partial charge in [0.1, 0.15) is 11.8 Å². The molecule has 1 N–H and O–H groups in total. The molecule has 4 nitrogen and oxygen atoms in total. The third-order valence-corrected chi connectivity index (χ3v) is 4.04. The summed E-state index contributed by atoms with van der Waals surface area (Å²) in [4.78, 5) is 2.35. The van der Waals surface area contributed by atoms with Crippen LogP contribution in [0.1, 0.15) is 31.7 Å². The van der Waals surface area contributed by atoms with Crippen molar-refractivity contribution in [3.8, 4) is 11.8 Å². The zero-order valence-electron chi connectivity index (χ0n) is 13.1. The van der Waals surface area contributed by atoms with Crippen LogP contribution < -0.4 is 15.0 Å². The van der Waals surface area contributed by atoms with Gasteiger partial charge in [0.15, 0.2) is 0 Å². The maximum absolute atomic E-state index is 9.38. The SMILES string of the molecule is CCCN(CC1CCCNC1)c1cc(OC)ccc1C#N. The molecule has 114 valence electrons. The maximum atomic E-state index is 9.38. The summed E-state index contributed by atoms with van der Waals surface area (Å²) in [6.07, 6.45) is 3.58. The third kappa shape index (κ3) is 4.12. The third-order valence-electron chi connectivity index (χ3n) is 4.04. The van der Waals surface area contributed by atoms with Crippen molar-refractivity contribution in [1.29, 1.82) is 5.26 Å². The number of benzene rings is 1. The second-order valence-electron chi connectivity index (χ2n) is 5.65. The van der Waals surface area contributed by atoms with Gasteiger partial charge in [-0.2, -0.15) is 5.26 Å². The predicted octanol–water partition coefficient (Wildman–Crippen LogP) is 2.78. The molecule has 1 atom stereocenters. The normalized spacial score (nSPS) is 18.0. The van der Waals surface area contributed by atoms with Gasteiger partial charge in [0.25, 0.3) is 0 Å². The van der Waals surface area contributed by atoms with Crippen LogP contribution in [-0.4, -0.2) is 33.3 Å². The Morgan fingerprint density at radius 1 is 1.48 bits per heavy atom. The van der Waals surface area contributed by atoms with Crippen molar-refractivity contribution in [2.24, 2.45) is 5.92 Å². The molecule has 21 heavy (non-hydrogen) atoms. The highest BCUT2D eigenvalue weighted by Gasteiger charge is 2.19. The second kappa shape index (κ2) is 7.90. The lowest BCUT2D eigenvalue weighted by atomic mass is 9.98. The number of ether oxygens (including phenoxy) is 1. The van der Waals surface area contributed by atoms with E-state index in [0.29, 0.717) is 5.92 Å². The monoisotopic (exact) mass is 287 g/mol. The molecule has 1 fully saturated rings. The van der Waals surface area contributed by atoms with Crippen molar-refractivity contribution in [2.75, 3.05) is 38.2 Å². The van der Waals surface area contributed by atoms with E-state index in [1.54, 1.807) is 7.11 Å². The fraction of sp³-hybridized carbons (Fsp3) is 0.588. The quantitative estimate of drug-likeness (QED) is 0.874. The van der Waals surface area contributed by atoms with Crippen LogP contribution in [0.3, 0.4) is 0 Å². The van der Waals surface area contributed by atoms with Crippen LogP contribution in [0.5, 0.6) is 5.75 Å². The minimum Gasteiger partial charge on any atom is -0.497 e. The second-order valence-corrected chi connectivity index (χ2v) is 5.65. The van der Waals surface area contributed by atoms with Gasteiger partial charge in [-0.25, -0.2) is 0 Å². The number of hydrogen-bond donors (Lipinski definition) is 1. The molecule has 0 spiro atoms. The highest BCUT2D eigenvalue weighted by atomic mass is 16.5. The molecule has 1 aliphatic heterocycles. The van der Waals surface area contributed by atoms with Crippen molar-refractivity contribution in [3.05, 3.63) is 23.8 Å². The van der Waals surface area contributed by atoms with Gasteiger partial charge in [-0.1, -0.05) is 6.92 Å². The topological polar surface area (TPSA) is 48.3 Å². The van der Waals surface area contributed by atoms with E-state index in [1.165, 1.54) is 12.8 Å². The van der Waals surface area contributed by atoms with Gasteiger partial charge in [-0.3, -0.25) is 0 Å². The lowest BCUT2D eigenvalue weighted by Gasteiger charge is -2.32. The molecule has 0 bridgehead atoms. The summed E-state index contributed by atoms with van der Waals surface area (Å²) in [5, 5.41) is 12.8. The highest BCUT2D eigenvalue weighted by Crippen LogP contribution is 2.27. The Morgan fingerprint density at radius 3 is 2.95 bits per heavy atom. The van der Waals surface area contributed by atoms with Crippen molar-refractivity contribution in [3.63, 3.8) is 0 Å². The lowest BCUT2D eigenvalue weighted by molar-refractivity contribution is 0.376. The fourth-order valence-corrected chi connectivity index (χ4v) is 2.97. The van der Waals surface area contributed by atoms with Gasteiger partial charge in [0.2, 0.25) is 0 Å². The summed E-state index contributed by atoms with van der Waals surface area (Å²) in [6, 6.07) is 8.01. The molecule has 1 saturated heterocycles. The van der Waals surface area contributed by atoms with Crippen molar-refractivity contribution in [2.45, 2.75) is 26.2 Å². The number of methoxy groups -OCH3 is 1. The van der Waals surface area contributed by atoms with Crippen LogP contribution in [0.15, 0.2) is 18.2 Å². The van der Waals surface area contributed by atoms with E-state index in [-0.39, 0.29) is 0 Å². The van der Waals surface area contributed by atoms with Crippen molar-refractivity contribution >= 4 is 5.69 Å². The summed E-state index contributed by atoms with van der Waals surface area (Å²) in [5.74, 6) is 1.47. The van der Waals surface area contributed by atoms with Crippen LogP contribution in [0.4, 0.5) is 5.69 Å². The predicted molar refractivity (Wildman–Crippen MR) is 85.8 cm³/mol. The van der Waals surface area contributed by atoms with Crippen molar-refractivity contribution in [1.82, 2.24) is 5.32 Å². The minimum absolute atomic E-state index is 0.656. The number of hydrogen-bond acceptors (Lipinski definition) is 4. The summed E-state index contributed by atoms with van der Waals surface area (Å²) >= 11 is 0. The standard InChI is InChI=1S/C17H25N3O/c1-3-9-20(13-14-5-4-8-19-12-14)17-10-16(21-2)7-6-15(17)11-18/h6-7,10,14,19H,3-5,8-9,12-13H2,1-2H3. The fourth-order valence-electron chi connectivity index (χ4n) is 2.97. The molecule has 0 aliphatic carbocycles. The number of nitrogens with one attached hydrogen (secondary N) is 1. The lowest BCUT2D eigenvalue weighted by Crippen LogP contribution is -2.39. The van der Waals surface area contributed by atoms with Crippen LogP contribution in [-0.2, 0) is 0 Å². The molecule has 0 radical (unpaired) electrons. The van der Waals surface area contributed by atoms with Crippen molar-refractivity contribution < 1.29 is 4.74 Å². The van der Waals surface area contributed by atoms with E-state index < -0.39 is 0 Å². The van der Waals surface area contributed by atoms with Gasteiger partial charge in [0.05, 0.1) is 18.4 Å². The molecular formula is C17H25N3O. The highest BCUT2D eigenvalue weighted by molar-refractivity contribution is 5.62. The summed E-state index contributed by atoms with van der Waals surface area (Å²) in [7, 11) is 1.67. The summed E-state index contributed by atoms with van der Waals surface area (Å²) in [5.41, 5.74) is 1.73. The minimum atomic E-state index is 0.656. The van der Waals surface area contributed by atoms with Crippen LogP contribution >= 0.6 is 0 Å². The first-order valence-electron chi connectivity index (χ1n) is 7.82. The Labute approximate surface area is 127 Å². The summed E-state index contributed by atoms with van der Waals surface area (Å²) in [6.45, 7) is 6.36. The smallest absolute Gasteiger partial charge is 0.121 e. The molecule has 1 heterocycles. The molecule has 2 rings (SSSR count). The van der Waals surface area contributed by atoms with Gasteiger partial charge >= 0.3 is 0 Å². The first kappa shape index (κ1) is 15.7. The molecule has 4 heteroatoms. The van der Waals surface area contributed by atoms with Crippen LogP contribution in [0, 0.1) is 17.2 Å². The van der Waals surface area contributed by atoms with Crippen LogP contribution in [0.25, 0.3) is 0 Å². The van der Waals surface area contributed by atoms with E-state index in [9.17, 15) is 5.26 Å². The number of nitriles is 1. The van der Waals surface area contributed by atoms with Gasteiger partial charge < -0.3 is 15.0 Å². The number of rotatable bonds is 6. The maximum Gasteiger partial charge on any atom is 0.121 e. The molecule has 0 aromatic heterocycles. The zero-order chi connectivity index (χ0) is 15.1. The van der Waals surface area contributed by atoms with E-state index in [2.05, 4.69) is 23.2 Å². The molecule has 1 aromatic carbocycles. The van der Waals surface area contributed by atoms with Gasteiger partial charge in [-0.15, -0.1) is 0 Å². The number of anilines is 1. The molecule has 1 aliphatic rings. The molecule has 0 saturated carbocycles. The number of nitrogens with zero attached hydrogens (tertiary/aromatic N) is 2. The summed E-state index contributed by atoms with van der Waals surface area (Å²) < 4.78 is 5.32. The Kier molecular flexibility index (Phi) is 5.89. The molecular weight excluding hydrogens is 262 g/mol. The molecule has 1 unspecified atom stereocenters. The Bertz CT molecular complexity index is 489. The average molecular weight is 287 g/mol. The van der Waals surface area contributed by atoms with E-state index in [0.717, 1.165) is 49.6 Å². The van der Waals surface area contributed by atoms with Gasteiger partial charge in [-0.05, 0) is 50.4 Å². The largest absolute Gasteiger partial charge is 0.497 e. The Morgan fingerprint density at radius 2 is 2.33 bits per heavy atom. The van der Waals surface area contributed by atoms with Crippen LogP contribution in [0.2, 0.25) is 0 Å². The Hall–Kier alpha value is -1.73. The number of piperidine rings is 1. The van der Waals surface area contributed by atoms with E-state index in [1.807, 2.05) is 18.2 Å². The van der Waals surface area contributed by atoms with E-state index in [4.69, 9.17) is 4.74 Å². The zero-order valence-corrected chi connectivity index (χ0v) is 13.1. The average Bonchev–Trinajstić information content (AvgIpc) is 2.55. The first-order valence-corrected chi connectivity index (χ1v) is 7.82. The Balaban J connectivity index is 2.21.